The summed E-state index contributed by atoms with van der Waals surface area (Å²) in [6.07, 6.45) is 0.571. The van der Waals surface area contributed by atoms with Gasteiger partial charge in [0.15, 0.2) is 0 Å². The van der Waals surface area contributed by atoms with E-state index in [1.54, 1.807) is 12.1 Å². The highest BCUT2D eigenvalue weighted by molar-refractivity contribution is 5.86. The predicted octanol–water partition coefficient (Wildman–Crippen LogP) is 1.47. The zero-order valence-electron chi connectivity index (χ0n) is 7.79. The van der Waals surface area contributed by atoms with Gasteiger partial charge >= 0.3 is 0 Å². The molecule has 1 aliphatic heterocycles. The fraction of sp³-hybridized carbons (Fsp3) is 0.364. The van der Waals surface area contributed by atoms with E-state index in [-0.39, 0.29) is 17.5 Å². The molecule has 1 unspecified atom stereocenters. The van der Waals surface area contributed by atoms with E-state index in [2.05, 4.69) is 5.32 Å². The summed E-state index contributed by atoms with van der Waals surface area (Å²) in [6, 6.07) is 6.17. The Kier molecular flexibility index (Phi) is 2.59. The van der Waals surface area contributed by atoms with Gasteiger partial charge < -0.3 is 5.32 Å². The van der Waals surface area contributed by atoms with Crippen LogP contribution >= 0.6 is 0 Å². The summed E-state index contributed by atoms with van der Waals surface area (Å²) in [5.74, 6) is -0.107. The first-order valence-corrected chi connectivity index (χ1v) is 4.76. The maximum Gasteiger partial charge on any atom is 0.142 e. The van der Waals surface area contributed by atoms with Crippen molar-refractivity contribution < 1.29 is 9.18 Å². The highest BCUT2D eigenvalue weighted by Crippen LogP contribution is 2.20. The van der Waals surface area contributed by atoms with Crippen LogP contribution < -0.4 is 5.32 Å². The second kappa shape index (κ2) is 3.88. The van der Waals surface area contributed by atoms with E-state index in [4.69, 9.17) is 0 Å². The highest BCUT2D eigenvalue weighted by atomic mass is 19.1. The normalized spacial score (nSPS) is 22.4. The molecule has 0 radical (unpaired) electrons. The van der Waals surface area contributed by atoms with Gasteiger partial charge in [0.2, 0.25) is 0 Å². The molecule has 2 nitrogen and oxygen atoms in total. The van der Waals surface area contributed by atoms with Gasteiger partial charge in [-0.3, -0.25) is 4.79 Å². The van der Waals surface area contributed by atoms with Crippen molar-refractivity contribution in [3.63, 3.8) is 0 Å². The number of benzene rings is 1. The topological polar surface area (TPSA) is 29.1 Å². The SMILES string of the molecule is O=C1CCNCC1c1ccc(F)cc1. The van der Waals surface area contributed by atoms with E-state index in [9.17, 15) is 9.18 Å². The second-order valence-corrected chi connectivity index (χ2v) is 3.52. The first-order valence-electron chi connectivity index (χ1n) is 4.76. The van der Waals surface area contributed by atoms with E-state index in [0.717, 1.165) is 12.1 Å². The number of hydrogen-bond donors (Lipinski definition) is 1. The molecule has 0 saturated carbocycles. The molecule has 0 bridgehead atoms. The molecule has 2 rings (SSSR count). The molecular weight excluding hydrogens is 181 g/mol. The lowest BCUT2D eigenvalue weighted by Crippen LogP contribution is -2.35. The van der Waals surface area contributed by atoms with E-state index in [1.165, 1.54) is 12.1 Å². The van der Waals surface area contributed by atoms with Crippen LogP contribution in [0.25, 0.3) is 0 Å². The molecule has 1 atom stereocenters. The lowest BCUT2D eigenvalue weighted by molar-refractivity contribution is -0.121. The van der Waals surface area contributed by atoms with Crippen molar-refractivity contribution in [2.75, 3.05) is 13.1 Å². The highest BCUT2D eigenvalue weighted by Gasteiger charge is 2.23. The minimum atomic E-state index is -0.259. The molecule has 1 aliphatic rings. The zero-order chi connectivity index (χ0) is 9.97. The summed E-state index contributed by atoms with van der Waals surface area (Å²) in [5.41, 5.74) is 0.906. The number of piperidine rings is 1. The van der Waals surface area contributed by atoms with Gasteiger partial charge in [0.1, 0.15) is 11.6 Å². The third-order valence-electron chi connectivity index (χ3n) is 2.56. The number of ketones is 1. The largest absolute Gasteiger partial charge is 0.315 e. The van der Waals surface area contributed by atoms with Crippen molar-refractivity contribution in [1.82, 2.24) is 5.32 Å². The molecule has 3 heteroatoms. The second-order valence-electron chi connectivity index (χ2n) is 3.52. The van der Waals surface area contributed by atoms with Gasteiger partial charge in [-0.15, -0.1) is 0 Å². The molecular formula is C11H12FNO. The monoisotopic (exact) mass is 193 g/mol. The Balaban J connectivity index is 2.20. The summed E-state index contributed by atoms with van der Waals surface area (Å²) in [4.78, 5) is 11.5. The van der Waals surface area contributed by atoms with Gasteiger partial charge in [-0.25, -0.2) is 4.39 Å². The van der Waals surface area contributed by atoms with E-state index >= 15 is 0 Å². The molecule has 74 valence electrons. The van der Waals surface area contributed by atoms with Crippen LogP contribution in [-0.2, 0) is 4.79 Å². The van der Waals surface area contributed by atoms with Crippen LogP contribution in [0.2, 0.25) is 0 Å². The number of rotatable bonds is 1. The van der Waals surface area contributed by atoms with Crippen LogP contribution in [0.3, 0.4) is 0 Å². The fourth-order valence-electron chi connectivity index (χ4n) is 1.74. The first-order chi connectivity index (χ1) is 6.77. The van der Waals surface area contributed by atoms with E-state index in [1.807, 2.05) is 0 Å². The van der Waals surface area contributed by atoms with Crippen LogP contribution in [0.1, 0.15) is 17.9 Å². The van der Waals surface area contributed by atoms with Gasteiger partial charge in [-0.2, -0.15) is 0 Å². The van der Waals surface area contributed by atoms with Gasteiger partial charge in [0.05, 0.1) is 5.92 Å². The molecule has 1 aromatic rings. The van der Waals surface area contributed by atoms with Crippen molar-refractivity contribution in [3.05, 3.63) is 35.6 Å². The maximum atomic E-state index is 12.7. The number of halogens is 1. The number of carbonyl (C=O) groups excluding carboxylic acids is 1. The maximum absolute atomic E-state index is 12.7. The smallest absolute Gasteiger partial charge is 0.142 e. The van der Waals surface area contributed by atoms with Crippen molar-refractivity contribution in [2.45, 2.75) is 12.3 Å². The zero-order valence-corrected chi connectivity index (χ0v) is 7.79. The van der Waals surface area contributed by atoms with E-state index in [0.29, 0.717) is 13.0 Å². The molecule has 0 aromatic heterocycles. The third kappa shape index (κ3) is 1.82. The number of nitrogens with one attached hydrogen (secondary N) is 1. The Hall–Kier alpha value is -1.22. The van der Waals surface area contributed by atoms with Crippen molar-refractivity contribution in [1.29, 1.82) is 0 Å². The Morgan fingerprint density at radius 3 is 2.64 bits per heavy atom. The summed E-state index contributed by atoms with van der Waals surface area (Å²) >= 11 is 0. The van der Waals surface area contributed by atoms with Gasteiger partial charge in [-0.05, 0) is 17.7 Å². The summed E-state index contributed by atoms with van der Waals surface area (Å²) in [6.45, 7) is 1.43. The molecule has 1 N–H and O–H groups in total. The summed E-state index contributed by atoms with van der Waals surface area (Å²) in [7, 11) is 0. The molecule has 1 fully saturated rings. The minimum Gasteiger partial charge on any atom is -0.315 e. The fourth-order valence-corrected chi connectivity index (χ4v) is 1.74. The lowest BCUT2D eigenvalue weighted by Gasteiger charge is -2.21. The lowest BCUT2D eigenvalue weighted by atomic mass is 9.90. The number of carbonyl (C=O) groups is 1. The Bertz CT molecular complexity index is 334. The number of Topliss-reactive ketones (excluding diaryl/α,β-unsaturated/α-hetero) is 1. The molecule has 0 spiro atoms. The van der Waals surface area contributed by atoms with Crippen LogP contribution in [0.5, 0.6) is 0 Å². The van der Waals surface area contributed by atoms with Crippen molar-refractivity contribution >= 4 is 5.78 Å². The molecule has 0 amide bonds. The standard InChI is InChI=1S/C11H12FNO/c12-9-3-1-8(2-4-9)10-7-13-6-5-11(10)14/h1-4,10,13H,5-7H2. The third-order valence-corrected chi connectivity index (χ3v) is 2.56. The summed E-state index contributed by atoms with van der Waals surface area (Å²) < 4.78 is 12.7. The predicted molar refractivity (Wildman–Crippen MR) is 51.6 cm³/mol. The van der Waals surface area contributed by atoms with E-state index < -0.39 is 0 Å². The Morgan fingerprint density at radius 2 is 2.00 bits per heavy atom. The van der Waals surface area contributed by atoms with Gasteiger partial charge in [-0.1, -0.05) is 12.1 Å². The minimum absolute atomic E-state index is 0.0932. The van der Waals surface area contributed by atoms with Gasteiger partial charge in [0, 0.05) is 19.5 Å². The Labute approximate surface area is 82.1 Å². The van der Waals surface area contributed by atoms with Gasteiger partial charge in [0.25, 0.3) is 0 Å². The average molecular weight is 193 g/mol. The van der Waals surface area contributed by atoms with Crippen LogP contribution in [0, 0.1) is 5.82 Å². The van der Waals surface area contributed by atoms with Crippen LogP contribution in [0.15, 0.2) is 24.3 Å². The first kappa shape index (κ1) is 9.34. The quantitative estimate of drug-likeness (QED) is 0.731. The van der Waals surface area contributed by atoms with Crippen molar-refractivity contribution in [3.8, 4) is 0 Å². The number of hydrogen-bond acceptors (Lipinski definition) is 2. The average Bonchev–Trinajstić information content (AvgIpc) is 2.20. The van der Waals surface area contributed by atoms with Crippen LogP contribution in [0.4, 0.5) is 4.39 Å². The molecule has 1 saturated heterocycles. The molecule has 0 aliphatic carbocycles. The molecule has 14 heavy (non-hydrogen) atoms. The summed E-state index contributed by atoms with van der Waals surface area (Å²) in [5, 5.41) is 3.16. The molecule has 1 aromatic carbocycles. The van der Waals surface area contributed by atoms with Crippen molar-refractivity contribution in [2.24, 2.45) is 0 Å². The van der Waals surface area contributed by atoms with Crippen LogP contribution in [-0.4, -0.2) is 18.9 Å². The molecule has 1 heterocycles. The Morgan fingerprint density at radius 1 is 1.29 bits per heavy atom.